The fourth-order valence-corrected chi connectivity index (χ4v) is 5.88. The Morgan fingerprint density at radius 2 is 2.00 bits per heavy atom. The van der Waals surface area contributed by atoms with Crippen LogP contribution in [0.1, 0.15) is 53.4 Å². The molecular formula is C22H37NO8S. The molecule has 5 unspecified atom stereocenters. The molecule has 184 valence electrons. The molecule has 5 fully saturated rings. The summed E-state index contributed by atoms with van der Waals surface area (Å²) in [7, 11) is 0. The lowest BCUT2D eigenvalue weighted by molar-refractivity contribution is -0.576. The standard InChI is InChI=1S/C17H26O5.C5H11NO3S/c1-5-18-14-11(3)13-7-6-10(2)12-8-9-16(4)20-15(19-14)17(12,13)22-21-16;1-3(7)6-4(2-10)5(8)9/h5,10-15H,1,6-9H2,2-4H3;4-5,8-10H,2H2,1H3,(H,6,7)/t10-,11-,12?,13?,14?,15?,16?,17-;4-/m10/s1. The molecule has 0 aromatic carbocycles. The first-order chi connectivity index (χ1) is 15.1. The van der Waals surface area contributed by atoms with Crippen LogP contribution in [0.2, 0.25) is 0 Å². The number of nitrogens with one attached hydrogen (secondary N) is 1. The molecule has 1 amide bonds. The molecule has 5 aliphatic rings. The molecule has 9 nitrogen and oxygen atoms in total. The third kappa shape index (κ3) is 4.82. The van der Waals surface area contributed by atoms with Crippen molar-refractivity contribution in [3.63, 3.8) is 0 Å². The Morgan fingerprint density at radius 1 is 1.28 bits per heavy atom. The predicted octanol–water partition coefficient (Wildman–Crippen LogP) is 2.09. The van der Waals surface area contributed by atoms with Crippen molar-refractivity contribution in [1.82, 2.24) is 5.32 Å². The van der Waals surface area contributed by atoms with E-state index in [2.05, 4.69) is 38.4 Å². The highest BCUT2D eigenvalue weighted by atomic mass is 32.1. The molecule has 9 atom stereocenters. The van der Waals surface area contributed by atoms with Crippen LogP contribution in [0.15, 0.2) is 12.8 Å². The summed E-state index contributed by atoms with van der Waals surface area (Å²) in [5.74, 6) is 0.673. The lowest BCUT2D eigenvalue weighted by Crippen LogP contribution is -2.70. The van der Waals surface area contributed by atoms with Crippen molar-refractivity contribution in [3.05, 3.63) is 12.8 Å². The van der Waals surface area contributed by atoms with Gasteiger partial charge in [0.25, 0.3) is 0 Å². The highest BCUT2D eigenvalue weighted by molar-refractivity contribution is 7.80. The van der Waals surface area contributed by atoms with Crippen LogP contribution in [0.4, 0.5) is 0 Å². The molecular weight excluding hydrogens is 438 g/mol. The van der Waals surface area contributed by atoms with Crippen LogP contribution >= 0.6 is 12.6 Å². The molecule has 2 bridgehead atoms. The second kappa shape index (κ2) is 10.2. The van der Waals surface area contributed by atoms with Gasteiger partial charge < -0.3 is 29.7 Å². The van der Waals surface area contributed by atoms with Gasteiger partial charge in [0, 0.05) is 30.9 Å². The van der Waals surface area contributed by atoms with E-state index in [-0.39, 0.29) is 23.9 Å². The lowest BCUT2D eigenvalue weighted by Gasteiger charge is -2.59. The number of fused-ring (bicyclic) bond motifs is 2. The monoisotopic (exact) mass is 475 g/mol. The van der Waals surface area contributed by atoms with Crippen LogP contribution in [0.5, 0.6) is 0 Å². The van der Waals surface area contributed by atoms with Gasteiger partial charge in [-0.3, -0.25) is 4.79 Å². The average Bonchev–Trinajstić information content (AvgIpc) is 2.96. The first-order valence-electron chi connectivity index (χ1n) is 11.3. The van der Waals surface area contributed by atoms with Gasteiger partial charge in [-0.2, -0.15) is 12.6 Å². The van der Waals surface area contributed by atoms with E-state index >= 15 is 0 Å². The number of thiol groups is 1. The van der Waals surface area contributed by atoms with E-state index in [4.69, 9.17) is 34.2 Å². The van der Waals surface area contributed by atoms with Crippen LogP contribution in [-0.2, 0) is 28.8 Å². The van der Waals surface area contributed by atoms with Gasteiger partial charge in [-0.25, -0.2) is 9.78 Å². The number of aliphatic hydroxyl groups is 2. The maximum Gasteiger partial charge on any atom is 0.217 e. The summed E-state index contributed by atoms with van der Waals surface area (Å²) in [6, 6.07) is -0.680. The number of rotatable bonds is 5. The first-order valence-corrected chi connectivity index (χ1v) is 11.9. The van der Waals surface area contributed by atoms with Gasteiger partial charge in [0.15, 0.2) is 18.2 Å². The van der Waals surface area contributed by atoms with Crippen molar-refractivity contribution in [2.24, 2.45) is 23.7 Å². The highest BCUT2D eigenvalue weighted by Crippen LogP contribution is 2.60. The van der Waals surface area contributed by atoms with E-state index in [1.165, 1.54) is 19.6 Å². The number of ether oxygens (including phenoxy) is 3. The number of carbonyl (C=O) groups excluding carboxylic acids is 1. The van der Waals surface area contributed by atoms with Crippen molar-refractivity contribution in [2.75, 3.05) is 5.75 Å². The van der Waals surface area contributed by atoms with Crippen molar-refractivity contribution in [1.29, 1.82) is 0 Å². The summed E-state index contributed by atoms with van der Waals surface area (Å²) in [5, 5.41) is 19.4. The summed E-state index contributed by atoms with van der Waals surface area (Å²) < 4.78 is 18.0. The van der Waals surface area contributed by atoms with Crippen LogP contribution < -0.4 is 5.32 Å². The summed E-state index contributed by atoms with van der Waals surface area (Å²) >= 11 is 3.79. The largest absolute Gasteiger partial charge is 0.473 e. The molecule has 3 N–H and O–H groups in total. The van der Waals surface area contributed by atoms with Gasteiger partial charge in [0.2, 0.25) is 18.0 Å². The summed E-state index contributed by atoms with van der Waals surface area (Å²) in [6.07, 6.45) is 3.31. The van der Waals surface area contributed by atoms with Crippen LogP contribution in [-0.4, -0.2) is 58.2 Å². The Labute approximate surface area is 195 Å². The van der Waals surface area contributed by atoms with E-state index in [1.54, 1.807) is 0 Å². The highest BCUT2D eigenvalue weighted by Gasteiger charge is 2.69. The van der Waals surface area contributed by atoms with E-state index in [9.17, 15) is 4.79 Å². The van der Waals surface area contributed by atoms with Gasteiger partial charge in [-0.15, -0.1) is 0 Å². The Hall–Kier alpha value is -0.880. The SMILES string of the molecule is C=COC1OC2OC3(C)CCC4[C@H](C)CCC([C@H]1C)[C@@]24OO3.CC(=O)N[C@@H](CS)C(O)O. The Balaban J connectivity index is 0.000000247. The molecule has 5 rings (SSSR count). The Morgan fingerprint density at radius 3 is 2.56 bits per heavy atom. The van der Waals surface area contributed by atoms with E-state index < -0.39 is 30.0 Å². The molecule has 0 aromatic heterocycles. The third-order valence-electron chi connectivity index (χ3n) is 7.27. The van der Waals surface area contributed by atoms with Crippen LogP contribution in [0, 0.1) is 23.7 Å². The van der Waals surface area contributed by atoms with Gasteiger partial charge in [-0.1, -0.05) is 20.4 Å². The smallest absolute Gasteiger partial charge is 0.217 e. The quantitative estimate of drug-likeness (QED) is 0.207. The zero-order chi connectivity index (χ0) is 23.7. The zero-order valence-corrected chi connectivity index (χ0v) is 20.1. The van der Waals surface area contributed by atoms with Gasteiger partial charge in [0.05, 0.1) is 12.3 Å². The molecule has 1 aliphatic carbocycles. The van der Waals surface area contributed by atoms with E-state index in [0.29, 0.717) is 17.8 Å². The lowest BCUT2D eigenvalue weighted by atomic mass is 9.58. The van der Waals surface area contributed by atoms with Gasteiger partial charge in [0.1, 0.15) is 0 Å². The van der Waals surface area contributed by atoms with Gasteiger partial charge in [-0.05, 0) is 38.0 Å². The minimum atomic E-state index is -1.54. The molecule has 4 aliphatic heterocycles. The molecule has 4 heterocycles. The van der Waals surface area contributed by atoms with Crippen LogP contribution in [0.25, 0.3) is 0 Å². The first kappa shape index (κ1) is 25.7. The normalized spacial score (nSPS) is 43.2. The van der Waals surface area contributed by atoms with Crippen LogP contribution in [0.3, 0.4) is 0 Å². The molecule has 4 saturated heterocycles. The molecule has 10 heteroatoms. The zero-order valence-electron chi connectivity index (χ0n) is 19.2. The molecule has 1 spiro atoms. The number of hydrogen-bond acceptors (Lipinski definition) is 9. The summed E-state index contributed by atoms with van der Waals surface area (Å²) in [6.45, 7) is 11.4. The minimum Gasteiger partial charge on any atom is -0.473 e. The second-order valence-corrected chi connectivity index (χ2v) is 9.84. The summed E-state index contributed by atoms with van der Waals surface area (Å²) in [4.78, 5) is 22.2. The molecule has 1 saturated carbocycles. The molecule has 0 aromatic rings. The van der Waals surface area contributed by atoms with Crippen molar-refractivity contribution in [3.8, 4) is 0 Å². The second-order valence-electron chi connectivity index (χ2n) is 9.48. The fourth-order valence-electron chi connectivity index (χ4n) is 5.60. The third-order valence-corrected chi connectivity index (χ3v) is 7.67. The van der Waals surface area contributed by atoms with E-state index in [1.807, 2.05) is 6.92 Å². The van der Waals surface area contributed by atoms with Crippen molar-refractivity contribution >= 4 is 18.5 Å². The van der Waals surface area contributed by atoms with E-state index in [0.717, 1.165) is 19.3 Å². The maximum absolute atomic E-state index is 10.4. The topological polar surface area (TPSA) is 116 Å². The number of aliphatic hydroxyl groups excluding tert-OH is 1. The van der Waals surface area contributed by atoms with Crippen molar-refractivity contribution < 1.29 is 39.0 Å². The Kier molecular flexibility index (Phi) is 8.18. The number of amides is 1. The number of hydrogen-bond donors (Lipinski definition) is 4. The Bertz CT molecular complexity index is 680. The molecule has 0 radical (unpaired) electrons. The van der Waals surface area contributed by atoms with Crippen molar-refractivity contribution in [2.45, 2.75) is 89.7 Å². The maximum atomic E-state index is 10.4. The fraction of sp³-hybridized carbons (Fsp3) is 0.864. The molecule has 32 heavy (non-hydrogen) atoms. The minimum absolute atomic E-state index is 0.206. The summed E-state index contributed by atoms with van der Waals surface area (Å²) in [5.41, 5.74) is -0.506. The number of carbonyl (C=O) groups is 1. The predicted molar refractivity (Wildman–Crippen MR) is 118 cm³/mol. The average molecular weight is 476 g/mol. The van der Waals surface area contributed by atoms with Gasteiger partial charge >= 0.3 is 0 Å².